The van der Waals surface area contributed by atoms with Crippen molar-refractivity contribution >= 4 is 76.9 Å². The number of rotatable bonds is 21. The summed E-state index contributed by atoms with van der Waals surface area (Å²) in [5.41, 5.74) is 16.3. The number of carboxylic acid groups (broad SMARTS) is 1. The first kappa shape index (κ1) is 91.9. The maximum Gasteiger partial charge on any atom is 0.408 e. The predicted molar refractivity (Wildman–Crippen MR) is 446 cm³/mol. The van der Waals surface area contributed by atoms with Gasteiger partial charge in [0, 0.05) is 69.8 Å². The van der Waals surface area contributed by atoms with E-state index in [-0.39, 0.29) is 97.5 Å². The number of ether oxygens (including phenoxy) is 2. The van der Waals surface area contributed by atoms with E-state index in [4.69, 9.17) is 26.0 Å². The molecule has 12 rings (SSSR count). The van der Waals surface area contributed by atoms with Gasteiger partial charge in [-0.2, -0.15) is 0 Å². The molecule has 0 saturated carbocycles. The number of fused-ring (bicyclic) bond motifs is 3. The van der Waals surface area contributed by atoms with Crippen molar-refractivity contribution in [2.75, 3.05) is 22.5 Å². The average Bonchev–Trinajstić information content (AvgIpc) is 1.16. The number of aromatic nitrogens is 3. The molecule has 13 N–H and O–H groups in total. The minimum absolute atomic E-state index is 0. The van der Waals surface area contributed by atoms with Gasteiger partial charge in [0.15, 0.2) is 11.6 Å². The Morgan fingerprint density at radius 2 is 0.712 bits per heavy atom. The Morgan fingerprint density at radius 1 is 0.424 bits per heavy atom. The molecule has 624 valence electrons. The van der Waals surface area contributed by atoms with Crippen molar-refractivity contribution < 1.29 is 81.4 Å². The lowest BCUT2D eigenvalue weighted by molar-refractivity contribution is -0.115. The number of aromatic carboxylic acids is 1. The summed E-state index contributed by atoms with van der Waals surface area (Å²) in [5, 5.41) is 56.0. The van der Waals surface area contributed by atoms with Crippen LogP contribution in [0.3, 0.4) is 0 Å². The van der Waals surface area contributed by atoms with Crippen LogP contribution in [0.1, 0.15) is 211 Å². The highest BCUT2D eigenvalue weighted by atomic mass is 35.5. The number of benzene rings is 6. The highest BCUT2D eigenvalue weighted by Gasteiger charge is 2.36. The molecule has 28 heteroatoms. The number of hydrogen-bond acceptors (Lipinski definition) is 18. The smallest absolute Gasteiger partial charge is 0.408 e. The summed E-state index contributed by atoms with van der Waals surface area (Å²) < 4.78 is 51.2. The van der Waals surface area contributed by atoms with E-state index in [1.807, 2.05) is 33.8 Å². The average molecular weight is 1640 g/mol. The fourth-order valence-electron chi connectivity index (χ4n) is 12.6. The number of aliphatic hydroxyl groups is 3. The summed E-state index contributed by atoms with van der Waals surface area (Å²) in [7, 11) is 0. The molecule has 3 atom stereocenters. The number of nitrogens with two attached hydrogens (primary N) is 2. The summed E-state index contributed by atoms with van der Waals surface area (Å²) in [6, 6.07) is 43.1. The Labute approximate surface area is 690 Å². The molecular formula is C90H102ClF3N10O14. The monoisotopic (exact) mass is 1640 g/mol. The van der Waals surface area contributed by atoms with E-state index in [1.54, 1.807) is 185 Å². The second kappa shape index (κ2) is 36.5. The summed E-state index contributed by atoms with van der Waals surface area (Å²) in [5.74, 6) is -2.70. The minimum Gasteiger partial charge on any atom is -0.478 e. The fourth-order valence-corrected chi connectivity index (χ4v) is 12.6. The number of amides is 5. The number of anilines is 3. The van der Waals surface area contributed by atoms with Gasteiger partial charge in [-0.1, -0.05) is 30.3 Å². The van der Waals surface area contributed by atoms with Crippen LogP contribution in [0, 0.1) is 17.5 Å². The molecule has 0 fully saturated rings. The molecule has 6 heterocycles. The van der Waals surface area contributed by atoms with E-state index in [9.17, 15) is 66.8 Å². The van der Waals surface area contributed by atoms with E-state index >= 15 is 0 Å². The molecule has 0 saturated heterocycles. The maximum absolute atomic E-state index is 13.7. The van der Waals surface area contributed by atoms with Crippen LogP contribution in [-0.2, 0) is 76.5 Å². The zero-order chi connectivity index (χ0) is 86.3. The molecule has 3 aliphatic rings. The van der Waals surface area contributed by atoms with Crippen molar-refractivity contribution in [3.05, 3.63) is 248 Å². The molecule has 3 aliphatic heterocycles. The molecule has 5 amide bonds. The van der Waals surface area contributed by atoms with Gasteiger partial charge in [0.1, 0.15) is 45.5 Å². The van der Waals surface area contributed by atoms with Crippen LogP contribution < -0.4 is 38.1 Å². The SMILES string of the molecule is CC(C)(C)OC(=O)NC(C)(C)c1cc(-c2ccc(F)cc2)nc(C(C)(O)CCC(=O)c2ccc3c(c2)NC(=O)C3)c1.CC(C)(C)OC(=O)NC(C)(C)c1cc(-c2ccc(F)cc2)nc(C(C)(O)CN)c1.CC(C)(N)c1cc(-c2ccc(F)cc2)nc(C(C)(O)CCC(=O)c2ccc3c(c2)NC(=O)C3)c1.Cl.O=C1Cc2ccc(C(=O)O)cc2N1. The third kappa shape index (κ3) is 24.7. The zero-order valence-electron chi connectivity index (χ0n) is 68.7. The van der Waals surface area contributed by atoms with Gasteiger partial charge in [0.2, 0.25) is 17.7 Å². The predicted octanol–water partition coefficient (Wildman–Crippen LogP) is 15.6. The number of halogens is 4. The van der Waals surface area contributed by atoms with E-state index in [0.29, 0.717) is 103 Å². The van der Waals surface area contributed by atoms with Crippen molar-refractivity contribution in [3.63, 3.8) is 0 Å². The first-order valence-corrected chi connectivity index (χ1v) is 38.0. The highest BCUT2D eigenvalue weighted by molar-refractivity contribution is 6.04. The number of carbonyl (C=O) groups is 8. The number of hydrogen-bond donors (Lipinski definition) is 11. The number of nitrogens with one attached hydrogen (secondary N) is 5. The van der Waals surface area contributed by atoms with Gasteiger partial charge in [0.25, 0.3) is 0 Å². The first-order valence-electron chi connectivity index (χ1n) is 38.0. The third-order valence-corrected chi connectivity index (χ3v) is 19.5. The molecule has 0 aliphatic carbocycles. The van der Waals surface area contributed by atoms with Crippen LogP contribution >= 0.6 is 12.4 Å². The molecule has 0 bridgehead atoms. The normalized spacial score (nSPS) is 14.4. The second-order valence-electron chi connectivity index (χ2n) is 33.6. The van der Waals surface area contributed by atoms with Gasteiger partial charge in [-0.15, -0.1) is 12.4 Å². The van der Waals surface area contributed by atoms with Crippen molar-refractivity contribution in [2.24, 2.45) is 11.5 Å². The molecule has 3 aromatic heterocycles. The van der Waals surface area contributed by atoms with Gasteiger partial charge in [0.05, 0.1) is 70.1 Å². The van der Waals surface area contributed by atoms with Gasteiger partial charge in [-0.3, -0.25) is 24.0 Å². The summed E-state index contributed by atoms with van der Waals surface area (Å²) in [6.07, 6.45) is 0.0934. The molecule has 3 unspecified atom stereocenters. The second-order valence-corrected chi connectivity index (χ2v) is 33.6. The van der Waals surface area contributed by atoms with Crippen molar-refractivity contribution in [1.82, 2.24) is 25.6 Å². The highest BCUT2D eigenvalue weighted by Crippen LogP contribution is 2.38. The summed E-state index contributed by atoms with van der Waals surface area (Å²) >= 11 is 0. The van der Waals surface area contributed by atoms with Gasteiger partial charge >= 0.3 is 18.2 Å². The Hall–Kier alpha value is -11.6. The van der Waals surface area contributed by atoms with Crippen LogP contribution in [-0.4, -0.2) is 101 Å². The van der Waals surface area contributed by atoms with Crippen molar-refractivity contribution in [1.29, 1.82) is 0 Å². The van der Waals surface area contributed by atoms with E-state index in [2.05, 4.69) is 41.5 Å². The molecule has 24 nitrogen and oxygen atoms in total. The largest absolute Gasteiger partial charge is 0.478 e. The lowest BCUT2D eigenvalue weighted by Gasteiger charge is -2.31. The molecule has 118 heavy (non-hydrogen) atoms. The number of pyridine rings is 3. The summed E-state index contributed by atoms with van der Waals surface area (Å²) in [6.45, 7) is 26.4. The number of Topliss-reactive ketones (excluding diaryl/α,β-unsaturated/α-hetero) is 2. The van der Waals surface area contributed by atoms with Crippen LogP contribution in [0.2, 0.25) is 0 Å². The van der Waals surface area contributed by atoms with Crippen LogP contribution in [0.15, 0.2) is 164 Å². The van der Waals surface area contributed by atoms with Crippen molar-refractivity contribution in [3.8, 4) is 33.8 Å². The van der Waals surface area contributed by atoms with Gasteiger partial charge in [-0.25, -0.2) is 42.5 Å². The van der Waals surface area contributed by atoms with Crippen LogP contribution in [0.25, 0.3) is 33.8 Å². The van der Waals surface area contributed by atoms with Crippen molar-refractivity contribution in [2.45, 2.75) is 193 Å². The van der Waals surface area contributed by atoms with Crippen LogP contribution in [0.4, 0.5) is 39.8 Å². The Balaban J connectivity index is 0.000000206. The van der Waals surface area contributed by atoms with Gasteiger partial charge in [-0.05, 0) is 284 Å². The van der Waals surface area contributed by atoms with Crippen LogP contribution in [0.5, 0.6) is 0 Å². The number of carbonyl (C=O) groups excluding carboxylic acids is 7. The van der Waals surface area contributed by atoms with Gasteiger partial charge < -0.3 is 68.0 Å². The van der Waals surface area contributed by atoms with E-state index in [1.165, 1.54) is 48.5 Å². The zero-order valence-corrected chi connectivity index (χ0v) is 69.5. The minimum atomic E-state index is -1.52. The molecule has 9 aromatic rings. The lowest BCUT2D eigenvalue weighted by atomic mass is 9.87. The summed E-state index contributed by atoms with van der Waals surface area (Å²) in [4.78, 5) is 109. The Morgan fingerprint density at radius 3 is 1.01 bits per heavy atom. The van der Waals surface area contributed by atoms with E-state index < -0.39 is 68.6 Å². The van der Waals surface area contributed by atoms with E-state index in [0.717, 1.165) is 22.3 Å². The fraction of sp³-hybridized carbons (Fsp3) is 0.344. The first-order chi connectivity index (χ1) is 54.3. The number of carboxylic acids is 1. The third-order valence-electron chi connectivity index (χ3n) is 19.5. The Bertz CT molecular complexity index is 5270. The number of ketones is 2. The number of alkyl carbamates (subject to hydrolysis) is 2. The number of nitrogens with zero attached hydrogens (tertiary/aromatic N) is 3. The quantitative estimate of drug-likeness (QED) is 0.0298. The standard InChI is InChI=1S/C32H36FN3O5.C27H28FN3O3.C22H30FN3O3.C9H7NO3.ClH/c1-30(2,3)41-29(39)36-31(4,5)22-17-25(19-9-11-23(33)12-10-19)34-27(18-22)32(6,40)14-13-26(37)21-8-7-20-16-28(38)35-24(20)15-21;1-26(2,29)19-14-22(16-6-8-20(28)9-7-16)30-24(15-19)27(3,34)11-10-23(32)18-5-4-17-13-25(33)31-21(17)12-18;1-20(2,3)29-19(27)26-21(4,5)15-11-17(14-7-9-16(23)10-8-14)25-18(12-15)22(6,28)13-24;11-8-4-5-1-2-6(9(12)13)3-7(5)10-8;/h7-12,15,17-18,40H,13-14,16H2,1-6H3,(H,35,38)(H,36,39);4-9,12,14-15,34H,10-11,13,29H2,1-3H3,(H,31,33);7-12,28H,13,24H2,1-6H3,(H,26,27);1-3H,4H2,(H,10,11)(H,12,13);1H. The molecular weight excluding hydrogens is 1540 g/mol. The lowest BCUT2D eigenvalue weighted by Crippen LogP contribution is -2.44. The topological polar surface area (TPSA) is 387 Å². The molecule has 0 spiro atoms. The maximum atomic E-state index is 13.7. The molecule has 6 aromatic carbocycles. The Kier molecular flexibility index (Phi) is 28.4. The molecule has 0 radical (unpaired) electrons.